The third-order valence-electron chi connectivity index (χ3n) is 5.26. The molecule has 1 aromatic carbocycles. The van der Waals surface area contributed by atoms with Crippen LogP contribution in [0.3, 0.4) is 0 Å². The highest BCUT2D eigenvalue weighted by Gasteiger charge is 2.19. The summed E-state index contributed by atoms with van der Waals surface area (Å²) in [6, 6.07) is 7.46. The van der Waals surface area contributed by atoms with Crippen molar-refractivity contribution in [2.24, 2.45) is 7.05 Å². The molecule has 3 heterocycles. The summed E-state index contributed by atoms with van der Waals surface area (Å²) in [4.78, 5) is 17.9. The summed E-state index contributed by atoms with van der Waals surface area (Å²) < 4.78 is 33.3. The average molecular weight is 431 g/mol. The van der Waals surface area contributed by atoms with Gasteiger partial charge in [0.15, 0.2) is 0 Å². The van der Waals surface area contributed by atoms with Gasteiger partial charge in [-0.3, -0.25) is 9.52 Å². The zero-order valence-electron chi connectivity index (χ0n) is 17.1. The van der Waals surface area contributed by atoms with E-state index in [2.05, 4.69) is 14.6 Å². The highest BCUT2D eigenvalue weighted by Crippen LogP contribution is 2.37. The first-order valence-electron chi connectivity index (χ1n) is 9.95. The molecule has 1 fully saturated rings. The molecule has 9 heteroatoms. The summed E-state index contributed by atoms with van der Waals surface area (Å²) in [6.07, 6.45) is 6.52. The summed E-state index contributed by atoms with van der Waals surface area (Å²) in [5.41, 5.74) is 3.68. The predicted octanol–water partition coefficient (Wildman–Crippen LogP) is 2.52. The number of fused-ring (bicyclic) bond motifs is 1. The van der Waals surface area contributed by atoms with Gasteiger partial charge in [0.25, 0.3) is 5.56 Å². The van der Waals surface area contributed by atoms with Gasteiger partial charge < -0.3 is 19.2 Å². The SMILES string of the molecule is Cn1cc(-c2cc(NS(C)(=O)=O)ccc2N2CCCOCCC2)c2cc[nH]c2c1=O. The number of hydrogen-bond donors (Lipinski definition) is 2. The monoisotopic (exact) mass is 430 g/mol. The first-order chi connectivity index (χ1) is 14.3. The number of ether oxygens (including phenoxy) is 1. The van der Waals surface area contributed by atoms with Crippen molar-refractivity contribution in [3.8, 4) is 11.1 Å². The van der Waals surface area contributed by atoms with Gasteiger partial charge in [0.05, 0.1) is 6.26 Å². The number of aromatic nitrogens is 2. The van der Waals surface area contributed by atoms with Crippen molar-refractivity contribution >= 4 is 32.3 Å². The average Bonchev–Trinajstić information content (AvgIpc) is 3.14. The number of nitrogens with one attached hydrogen (secondary N) is 2. The van der Waals surface area contributed by atoms with Gasteiger partial charge in [-0.25, -0.2) is 8.42 Å². The Balaban J connectivity index is 1.91. The lowest BCUT2D eigenvalue weighted by molar-refractivity contribution is 0.125. The number of anilines is 2. The first-order valence-corrected chi connectivity index (χ1v) is 11.8. The van der Waals surface area contributed by atoms with Crippen LogP contribution < -0.4 is 15.2 Å². The van der Waals surface area contributed by atoms with Crippen LogP contribution in [-0.4, -0.2) is 50.5 Å². The number of aromatic amines is 1. The number of nitrogens with zero attached hydrogens (tertiary/aromatic N) is 2. The molecule has 0 spiro atoms. The molecule has 1 aliphatic heterocycles. The van der Waals surface area contributed by atoms with Crippen molar-refractivity contribution in [1.82, 2.24) is 9.55 Å². The summed E-state index contributed by atoms with van der Waals surface area (Å²) in [6.45, 7) is 3.13. The van der Waals surface area contributed by atoms with Gasteiger partial charge in [-0.05, 0) is 37.1 Å². The summed E-state index contributed by atoms with van der Waals surface area (Å²) in [7, 11) is -1.69. The number of H-pyrrole nitrogens is 1. The van der Waals surface area contributed by atoms with E-state index in [4.69, 9.17) is 4.74 Å². The Hall–Kier alpha value is -2.78. The van der Waals surface area contributed by atoms with Crippen LogP contribution in [0.25, 0.3) is 22.0 Å². The molecule has 30 heavy (non-hydrogen) atoms. The Kier molecular flexibility index (Phi) is 5.57. The minimum Gasteiger partial charge on any atom is -0.381 e. The third-order valence-corrected chi connectivity index (χ3v) is 5.86. The Morgan fingerprint density at radius 2 is 1.83 bits per heavy atom. The lowest BCUT2D eigenvalue weighted by Gasteiger charge is -2.29. The molecular formula is C21H26N4O4S. The van der Waals surface area contributed by atoms with Gasteiger partial charge in [-0.1, -0.05) is 0 Å². The molecule has 0 unspecified atom stereocenters. The standard InChI is InChI=1S/C21H26N4O4S/c1-24-14-18(16-7-8-22-20(16)21(24)26)17-13-15(23-30(2,27)28)5-6-19(17)25-9-3-11-29-12-4-10-25/h5-8,13-14,22-23H,3-4,9-12H2,1-2H3. The van der Waals surface area contributed by atoms with Gasteiger partial charge in [-0.2, -0.15) is 0 Å². The van der Waals surface area contributed by atoms with Gasteiger partial charge in [0.2, 0.25) is 10.0 Å². The fourth-order valence-corrected chi connectivity index (χ4v) is 4.51. The Morgan fingerprint density at radius 1 is 1.10 bits per heavy atom. The molecule has 0 atom stereocenters. The van der Waals surface area contributed by atoms with E-state index < -0.39 is 10.0 Å². The van der Waals surface area contributed by atoms with E-state index in [1.54, 1.807) is 23.9 Å². The van der Waals surface area contributed by atoms with Gasteiger partial charge in [0, 0.05) is 73.6 Å². The molecule has 0 saturated carbocycles. The molecule has 2 N–H and O–H groups in total. The largest absolute Gasteiger partial charge is 0.381 e. The van der Waals surface area contributed by atoms with E-state index in [1.165, 1.54) is 0 Å². The van der Waals surface area contributed by atoms with Crippen LogP contribution in [0.1, 0.15) is 12.8 Å². The fraction of sp³-hybridized carbons (Fsp3) is 0.381. The van der Waals surface area contributed by atoms with Crippen LogP contribution in [0, 0.1) is 0 Å². The van der Waals surface area contributed by atoms with E-state index in [1.807, 2.05) is 24.4 Å². The topological polar surface area (TPSA) is 96.4 Å². The molecule has 8 nitrogen and oxygen atoms in total. The molecule has 4 rings (SSSR count). The van der Waals surface area contributed by atoms with Crippen molar-refractivity contribution in [1.29, 1.82) is 0 Å². The Labute approximate surface area is 175 Å². The molecule has 0 bridgehead atoms. The normalized spacial score (nSPS) is 15.7. The minimum atomic E-state index is -3.41. The van der Waals surface area contributed by atoms with E-state index in [9.17, 15) is 13.2 Å². The smallest absolute Gasteiger partial charge is 0.274 e. The number of aryl methyl sites for hydroxylation is 1. The summed E-state index contributed by atoms with van der Waals surface area (Å²) >= 11 is 0. The van der Waals surface area contributed by atoms with Gasteiger partial charge in [-0.15, -0.1) is 0 Å². The van der Waals surface area contributed by atoms with Crippen molar-refractivity contribution in [2.45, 2.75) is 12.8 Å². The van der Waals surface area contributed by atoms with E-state index in [0.717, 1.165) is 67.6 Å². The second kappa shape index (κ2) is 8.16. The van der Waals surface area contributed by atoms with Crippen LogP contribution in [0.4, 0.5) is 11.4 Å². The van der Waals surface area contributed by atoms with Crippen LogP contribution in [0.15, 0.2) is 41.5 Å². The predicted molar refractivity (Wildman–Crippen MR) is 120 cm³/mol. The highest BCUT2D eigenvalue weighted by molar-refractivity contribution is 7.92. The molecular weight excluding hydrogens is 404 g/mol. The minimum absolute atomic E-state index is 0.103. The van der Waals surface area contributed by atoms with Crippen LogP contribution in [0.2, 0.25) is 0 Å². The number of rotatable bonds is 4. The van der Waals surface area contributed by atoms with Crippen molar-refractivity contribution < 1.29 is 13.2 Å². The molecule has 0 amide bonds. The number of benzene rings is 1. The fourth-order valence-electron chi connectivity index (χ4n) is 3.96. The van der Waals surface area contributed by atoms with Gasteiger partial charge >= 0.3 is 0 Å². The molecule has 1 saturated heterocycles. The van der Waals surface area contributed by atoms with Crippen LogP contribution in [0.5, 0.6) is 0 Å². The summed E-state index contributed by atoms with van der Waals surface area (Å²) in [5, 5.41) is 0.811. The third kappa shape index (κ3) is 4.22. The van der Waals surface area contributed by atoms with Crippen molar-refractivity contribution in [2.75, 3.05) is 42.2 Å². The van der Waals surface area contributed by atoms with Crippen molar-refractivity contribution in [3.63, 3.8) is 0 Å². The summed E-state index contributed by atoms with van der Waals surface area (Å²) in [5.74, 6) is 0. The lowest BCUT2D eigenvalue weighted by Crippen LogP contribution is -2.30. The first kappa shape index (κ1) is 20.5. The van der Waals surface area contributed by atoms with Crippen LogP contribution >= 0.6 is 0 Å². The number of pyridine rings is 1. The quantitative estimate of drug-likeness (QED) is 0.663. The number of sulfonamides is 1. The Morgan fingerprint density at radius 3 is 2.53 bits per heavy atom. The maximum absolute atomic E-state index is 12.5. The molecule has 0 radical (unpaired) electrons. The van der Waals surface area contributed by atoms with Crippen molar-refractivity contribution in [3.05, 3.63) is 47.0 Å². The maximum atomic E-state index is 12.5. The zero-order valence-corrected chi connectivity index (χ0v) is 18.0. The molecule has 2 aromatic heterocycles. The van der Waals surface area contributed by atoms with E-state index >= 15 is 0 Å². The van der Waals surface area contributed by atoms with E-state index in [0.29, 0.717) is 11.2 Å². The zero-order chi connectivity index (χ0) is 21.3. The van der Waals surface area contributed by atoms with Crippen LogP contribution in [-0.2, 0) is 21.8 Å². The maximum Gasteiger partial charge on any atom is 0.274 e. The Bertz CT molecular complexity index is 1220. The molecule has 0 aliphatic carbocycles. The molecule has 160 valence electrons. The molecule has 3 aromatic rings. The second-order valence-electron chi connectivity index (χ2n) is 7.64. The second-order valence-corrected chi connectivity index (χ2v) is 9.39. The lowest BCUT2D eigenvalue weighted by atomic mass is 10.00. The molecule has 1 aliphatic rings. The number of hydrogen-bond acceptors (Lipinski definition) is 5. The van der Waals surface area contributed by atoms with E-state index in [-0.39, 0.29) is 5.56 Å². The van der Waals surface area contributed by atoms with Gasteiger partial charge in [0.1, 0.15) is 5.52 Å². The highest BCUT2D eigenvalue weighted by atomic mass is 32.2.